The lowest BCUT2D eigenvalue weighted by Crippen LogP contribution is -2.60. The van der Waals surface area contributed by atoms with E-state index < -0.39 is 0 Å². The maximum atomic E-state index is 12.7. The number of ketones is 1. The van der Waals surface area contributed by atoms with Crippen LogP contribution in [0, 0.1) is 11.8 Å². The average Bonchev–Trinajstić information content (AvgIpc) is 2.50. The van der Waals surface area contributed by atoms with Gasteiger partial charge in [-0.2, -0.15) is 0 Å². The highest BCUT2D eigenvalue weighted by Crippen LogP contribution is 2.37. The molecule has 108 valence electrons. The number of pyridine rings is 1. The summed E-state index contributed by atoms with van der Waals surface area (Å²) in [7, 11) is 0. The summed E-state index contributed by atoms with van der Waals surface area (Å²) in [5.41, 5.74) is 1.04. The van der Waals surface area contributed by atoms with Crippen LogP contribution in [0.1, 0.15) is 38.3 Å². The number of fused-ring (bicyclic) bond motifs is 3. The van der Waals surface area contributed by atoms with Gasteiger partial charge >= 0.3 is 0 Å². The summed E-state index contributed by atoms with van der Waals surface area (Å²) >= 11 is 0. The molecule has 0 saturated carbocycles. The molecule has 0 N–H and O–H groups in total. The predicted molar refractivity (Wildman–Crippen MR) is 79.4 cm³/mol. The number of nitrogens with zero attached hydrogens (tertiary/aromatic N) is 2. The molecule has 3 heteroatoms. The minimum absolute atomic E-state index is 0.0847. The van der Waals surface area contributed by atoms with Crippen molar-refractivity contribution < 1.29 is 4.79 Å². The second kappa shape index (κ2) is 6.04. The Labute approximate surface area is 121 Å². The van der Waals surface area contributed by atoms with E-state index in [0.717, 1.165) is 31.6 Å². The highest BCUT2D eigenvalue weighted by molar-refractivity contribution is 5.88. The van der Waals surface area contributed by atoms with E-state index in [2.05, 4.69) is 16.8 Å². The number of hydrogen-bond acceptors (Lipinski definition) is 3. The van der Waals surface area contributed by atoms with Crippen LogP contribution >= 0.6 is 0 Å². The fraction of sp³-hybridized carbons (Fsp3) is 0.647. The van der Waals surface area contributed by atoms with Crippen LogP contribution in [0.4, 0.5) is 0 Å². The zero-order chi connectivity index (χ0) is 13.9. The Morgan fingerprint density at radius 3 is 3.00 bits per heavy atom. The molecule has 0 aromatic carbocycles. The molecule has 3 aliphatic rings. The van der Waals surface area contributed by atoms with Gasteiger partial charge in [-0.25, -0.2) is 0 Å². The monoisotopic (exact) mass is 272 g/mol. The molecule has 20 heavy (non-hydrogen) atoms. The molecule has 1 aromatic rings. The van der Waals surface area contributed by atoms with Crippen LogP contribution in [0.15, 0.2) is 24.4 Å². The third-order valence-electron chi connectivity index (χ3n) is 4.96. The molecule has 4 unspecified atom stereocenters. The van der Waals surface area contributed by atoms with Crippen LogP contribution in [0.2, 0.25) is 0 Å². The van der Waals surface area contributed by atoms with Crippen molar-refractivity contribution in [2.75, 3.05) is 13.1 Å². The molecular formula is C17H24N2O. The number of carbonyl (C=O) groups is 1. The molecule has 3 fully saturated rings. The van der Waals surface area contributed by atoms with Gasteiger partial charge < -0.3 is 0 Å². The number of hydrogen-bond donors (Lipinski definition) is 0. The van der Waals surface area contributed by atoms with Gasteiger partial charge in [0.2, 0.25) is 0 Å². The first-order valence-corrected chi connectivity index (χ1v) is 7.97. The average molecular weight is 272 g/mol. The van der Waals surface area contributed by atoms with E-state index in [1.165, 1.54) is 19.3 Å². The van der Waals surface area contributed by atoms with Crippen molar-refractivity contribution in [2.45, 2.75) is 45.1 Å². The van der Waals surface area contributed by atoms with Crippen LogP contribution in [0.25, 0.3) is 0 Å². The van der Waals surface area contributed by atoms with Crippen molar-refractivity contribution in [3.8, 4) is 0 Å². The molecule has 4 rings (SSSR count). The van der Waals surface area contributed by atoms with Gasteiger partial charge in [0.25, 0.3) is 0 Å². The largest absolute Gasteiger partial charge is 0.298 e. The summed E-state index contributed by atoms with van der Waals surface area (Å²) in [6, 6.07) is 6.05. The smallest absolute Gasteiger partial charge is 0.153 e. The second-order valence-electron chi connectivity index (χ2n) is 6.24. The van der Waals surface area contributed by atoms with Gasteiger partial charge in [0.05, 0.1) is 6.04 Å². The van der Waals surface area contributed by atoms with Gasteiger partial charge in [0.1, 0.15) is 0 Å². The molecule has 3 saturated heterocycles. The van der Waals surface area contributed by atoms with E-state index in [1.54, 1.807) is 0 Å². The lowest BCUT2D eigenvalue weighted by atomic mass is 9.72. The molecule has 0 spiro atoms. The molecule has 0 aliphatic carbocycles. The maximum absolute atomic E-state index is 12.7. The molecular weight excluding hydrogens is 248 g/mol. The van der Waals surface area contributed by atoms with E-state index in [-0.39, 0.29) is 6.04 Å². The van der Waals surface area contributed by atoms with Crippen LogP contribution in [-0.2, 0) is 11.2 Å². The molecule has 2 bridgehead atoms. The summed E-state index contributed by atoms with van der Waals surface area (Å²) in [5.74, 6) is 1.41. The molecule has 3 nitrogen and oxygen atoms in total. The van der Waals surface area contributed by atoms with Gasteiger partial charge in [0.15, 0.2) is 5.78 Å². The predicted octanol–water partition coefficient (Wildman–Crippen LogP) is 2.70. The topological polar surface area (TPSA) is 33.2 Å². The Hall–Kier alpha value is -1.22. The fourth-order valence-electron chi connectivity index (χ4n) is 3.85. The van der Waals surface area contributed by atoms with Crippen LogP contribution < -0.4 is 0 Å². The van der Waals surface area contributed by atoms with Gasteiger partial charge in [-0.1, -0.05) is 25.8 Å². The summed E-state index contributed by atoms with van der Waals surface area (Å²) in [4.78, 5) is 19.5. The van der Waals surface area contributed by atoms with Crippen molar-refractivity contribution in [3.05, 3.63) is 30.1 Å². The second-order valence-corrected chi connectivity index (χ2v) is 6.24. The van der Waals surface area contributed by atoms with E-state index >= 15 is 0 Å². The van der Waals surface area contributed by atoms with Crippen molar-refractivity contribution in [2.24, 2.45) is 11.8 Å². The highest BCUT2D eigenvalue weighted by atomic mass is 16.1. The Bertz CT molecular complexity index is 459. The maximum Gasteiger partial charge on any atom is 0.153 e. The Morgan fingerprint density at radius 1 is 1.40 bits per heavy atom. The first-order chi connectivity index (χ1) is 9.79. The quantitative estimate of drug-likeness (QED) is 0.826. The normalized spacial score (nSPS) is 32.5. The first-order valence-electron chi connectivity index (χ1n) is 7.97. The zero-order valence-corrected chi connectivity index (χ0v) is 12.3. The highest BCUT2D eigenvalue weighted by Gasteiger charge is 2.45. The van der Waals surface area contributed by atoms with Crippen LogP contribution in [0.3, 0.4) is 0 Å². The minimum Gasteiger partial charge on any atom is -0.298 e. The Morgan fingerprint density at radius 2 is 2.30 bits per heavy atom. The molecule has 3 aliphatic heterocycles. The van der Waals surface area contributed by atoms with Crippen molar-refractivity contribution in [1.29, 1.82) is 0 Å². The van der Waals surface area contributed by atoms with Crippen LogP contribution in [0.5, 0.6) is 0 Å². The van der Waals surface area contributed by atoms with Gasteiger partial charge in [-0.15, -0.1) is 0 Å². The zero-order valence-electron chi connectivity index (χ0n) is 12.3. The molecule has 1 aromatic heterocycles. The van der Waals surface area contributed by atoms with Gasteiger partial charge in [-0.05, 0) is 37.4 Å². The van der Waals surface area contributed by atoms with E-state index in [4.69, 9.17) is 0 Å². The van der Waals surface area contributed by atoms with E-state index in [0.29, 0.717) is 17.6 Å². The number of piperidine rings is 3. The summed E-state index contributed by atoms with van der Waals surface area (Å²) < 4.78 is 0. The Kier molecular flexibility index (Phi) is 4.16. The number of unbranched alkanes of at least 4 members (excludes halogenated alkanes) is 1. The third-order valence-corrected chi connectivity index (χ3v) is 4.96. The third kappa shape index (κ3) is 2.64. The molecule has 0 radical (unpaired) electrons. The lowest BCUT2D eigenvalue weighted by molar-refractivity contribution is -0.141. The molecule has 0 amide bonds. The minimum atomic E-state index is 0.0847. The molecule has 4 atom stereocenters. The van der Waals surface area contributed by atoms with Crippen molar-refractivity contribution >= 4 is 5.78 Å². The van der Waals surface area contributed by atoms with Gasteiger partial charge in [-0.3, -0.25) is 14.7 Å². The van der Waals surface area contributed by atoms with Crippen molar-refractivity contribution in [3.63, 3.8) is 0 Å². The van der Waals surface area contributed by atoms with E-state index in [1.807, 2.05) is 24.4 Å². The number of carbonyl (C=O) groups excluding carboxylic acids is 1. The summed E-state index contributed by atoms with van der Waals surface area (Å²) in [6.45, 7) is 4.44. The SMILES string of the molecule is CCCCC1CN2CCC1C(=O)C2Cc1ccccn1. The Balaban J connectivity index is 1.69. The first kappa shape index (κ1) is 13.7. The lowest BCUT2D eigenvalue weighted by Gasteiger charge is -2.48. The molecule has 4 heterocycles. The summed E-state index contributed by atoms with van der Waals surface area (Å²) in [6.07, 6.45) is 7.39. The van der Waals surface area contributed by atoms with Gasteiger partial charge in [0, 0.05) is 30.8 Å². The number of rotatable bonds is 5. The van der Waals surface area contributed by atoms with Crippen LogP contribution in [-0.4, -0.2) is 34.8 Å². The van der Waals surface area contributed by atoms with Crippen molar-refractivity contribution in [1.82, 2.24) is 9.88 Å². The summed E-state index contributed by atoms with van der Waals surface area (Å²) in [5, 5.41) is 0. The van der Waals surface area contributed by atoms with E-state index in [9.17, 15) is 4.79 Å². The standard InChI is InChI=1S/C17H24N2O/c1-2-3-6-13-12-19-10-8-15(13)17(20)16(19)11-14-7-4-5-9-18-14/h4-5,7,9,13,15-16H,2-3,6,8,10-12H2,1H3. The number of aromatic nitrogens is 1. The fourth-order valence-corrected chi connectivity index (χ4v) is 3.85. The number of Topliss-reactive ketones (excluding diaryl/α,β-unsaturated/α-hetero) is 1.